The van der Waals surface area contributed by atoms with Crippen molar-refractivity contribution in [1.82, 2.24) is 0 Å². The number of aliphatic imine (C=N–C) groups is 2. The Bertz CT molecular complexity index is 1060. The maximum Gasteiger partial charge on any atom is 1.00 e. The van der Waals surface area contributed by atoms with Gasteiger partial charge in [-0.15, -0.1) is 0 Å². The number of carbonyl (C=O) groups excluding carboxylic acids is 4. The smallest absolute Gasteiger partial charge is 0.858 e. The van der Waals surface area contributed by atoms with Gasteiger partial charge in [0.05, 0.1) is 24.7 Å². The van der Waals surface area contributed by atoms with Crippen LogP contribution < -0.4 is 208 Å². The first-order valence-corrected chi connectivity index (χ1v) is 16.8. The van der Waals surface area contributed by atoms with Crippen LogP contribution in [0.15, 0.2) is 9.98 Å². The number of rotatable bonds is 31. The van der Waals surface area contributed by atoms with Gasteiger partial charge in [-0.1, -0.05) is 32.6 Å². The fourth-order valence-corrected chi connectivity index (χ4v) is 5.84. The molecule has 0 bridgehead atoms. The number of hydrogen-bond acceptors (Lipinski definition) is 14. The van der Waals surface area contributed by atoms with Gasteiger partial charge in [0.2, 0.25) is 0 Å². The SMILES string of the molecule is CCCCCCCC[N+](C)(CC([O-])=NC(CCC(=O)[O-])(CCC(=O)[O-])CCC(=O)[O-])CC([O-])=NC(CCC(=O)[O-])(CCC(=O)O)CCC(=O)O.[Na+].[Na+].[Na+].[Na+].[Na+].[Na+]. The molecule has 0 heterocycles. The number of unbranched alkanes of at least 4 members (excludes halogenated alkanes) is 5. The molecule has 0 aliphatic heterocycles. The van der Waals surface area contributed by atoms with Crippen LogP contribution in [-0.4, -0.2) is 100 Å². The molecule has 0 rings (SSSR count). The summed E-state index contributed by atoms with van der Waals surface area (Å²) in [7, 11) is 1.54. The van der Waals surface area contributed by atoms with Gasteiger partial charge in [-0.3, -0.25) is 19.6 Å². The molecule has 17 nitrogen and oxygen atoms in total. The van der Waals surface area contributed by atoms with Crippen molar-refractivity contribution < 1.29 is 251 Å². The van der Waals surface area contributed by atoms with Crippen molar-refractivity contribution in [3.8, 4) is 0 Å². The van der Waals surface area contributed by atoms with E-state index in [9.17, 15) is 69.6 Å². The number of likely N-dealkylation sites (N-methyl/N-ethyl adjacent to an activating group) is 1. The van der Waals surface area contributed by atoms with E-state index in [-0.39, 0.29) is 208 Å². The molecule has 286 valence electrons. The molecule has 23 heteroatoms. The quantitative estimate of drug-likeness (QED) is 0.0215. The fourth-order valence-electron chi connectivity index (χ4n) is 5.84. The molecule has 0 aliphatic rings. The Hall–Kier alpha value is 1.72. The monoisotopic (exact) mass is 850 g/mol. The van der Waals surface area contributed by atoms with Crippen molar-refractivity contribution in [3.63, 3.8) is 0 Å². The van der Waals surface area contributed by atoms with Gasteiger partial charge in [0.15, 0.2) is 0 Å². The normalized spacial score (nSPS) is 12.3. The third-order valence-electron chi connectivity index (χ3n) is 8.60. The summed E-state index contributed by atoms with van der Waals surface area (Å²) in [5.41, 5.74) is -3.42. The minimum absolute atomic E-state index is 0. The van der Waals surface area contributed by atoms with Crippen LogP contribution in [0.1, 0.15) is 122 Å². The molecule has 1 atom stereocenters. The van der Waals surface area contributed by atoms with Crippen molar-refractivity contribution in [2.75, 3.05) is 26.7 Å². The summed E-state index contributed by atoms with van der Waals surface area (Å²) in [6, 6.07) is 0. The van der Waals surface area contributed by atoms with Crippen LogP contribution in [0.4, 0.5) is 0 Å². The molecule has 0 fully saturated rings. The zero-order valence-electron chi connectivity index (χ0n) is 35.0. The number of carboxylic acids is 6. The van der Waals surface area contributed by atoms with Crippen LogP contribution in [0, 0.1) is 0 Å². The first-order chi connectivity index (χ1) is 23.3. The van der Waals surface area contributed by atoms with E-state index in [1.54, 1.807) is 0 Å². The van der Waals surface area contributed by atoms with Crippen molar-refractivity contribution in [2.24, 2.45) is 9.98 Å². The number of quaternary nitrogens is 1. The fraction of sp³-hybridized carbons (Fsp3) is 0.758. The second-order valence-corrected chi connectivity index (χ2v) is 13.2. The van der Waals surface area contributed by atoms with Crippen molar-refractivity contribution in [1.29, 1.82) is 0 Å². The zero-order chi connectivity index (χ0) is 38.4. The van der Waals surface area contributed by atoms with Crippen molar-refractivity contribution in [2.45, 2.75) is 134 Å². The molecule has 0 radical (unpaired) electrons. The van der Waals surface area contributed by atoms with E-state index in [0.717, 1.165) is 32.1 Å². The number of carbonyl (C=O) groups is 6. The third-order valence-corrected chi connectivity index (χ3v) is 8.60. The average Bonchev–Trinajstić information content (AvgIpc) is 2.99. The van der Waals surface area contributed by atoms with Gasteiger partial charge in [-0.05, 0) is 77.0 Å². The van der Waals surface area contributed by atoms with Gasteiger partial charge in [0, 0.05) is 48.5 Å². The Morgan fingerprint density at radius 1 is 0.482 bits per heavy atom. The van der Waals surface area contributed by atoms with Gasteiger partial charge < -0.3 is 64.5 Å². The molecule has 0 saturated heterocycles. The molecular formula is C33H50N3Na6O14+. The molecule has 0 aliphatic carbocycles. The molecule has 0 amide bonds. The standard InChI is InChI=1S/C33H55N3O14.6Na/c1-3-4-5-6-7-8-21-36(2,22-24(37)34-32(15-9-26(39)40,16-10-27(41)42)17-11-28(43)44)23-25(38)35-33(18-12-29(45)46,19-13-30(47)48)20-14-31(49)50;;;;;;/h3-23H2,1-2H3,(H7-,34,35,37,38,39,40,41,42,43,44,45,46,47,48,49,50);;;;;;/q;6*+1/p-5. The van der Waals surface area contributed by atoms with Gasteiger partial charge in [-0.2, -0.15) is 0 Å². The van der Waals surface area contributed by atoms with E-state index >= 15 is 0 Å². The maximum atomic E-state index is 13.6. The Morgan fingerprint density at radius 3 is 1.02 bits per heavy atom. The van der Waals surface area contributed by atoms with Gasteiger partial charge in [0.1, 0.15) is 13.1 Å². The summed E-state index contributed by atoms with van der Waals surface area (Å²) in [6.07, 6.45) is -1.00. The zero-order valence-corrected chi connectivity index (χ0v) is 47.0. The van der Waals surface area contributed by atoms with E-state index in [1.165, 1.54) is 7.05 Å². The maximum absolute atomic E-state index is 13.6. The minimum atomic E-state index is -1.75. The molecule has 0 aromatic carbocycles. The van der Waals surface area contributed by atoms with Crippen LogP contribution >= 0.6 is 0 Å². The number of hydrogen-bond donors (Lipinski definition) is 2. The predicted octanol–water partition coefficient (Wildman–Crippen LogP) is -21.3. The summed E-state index contributed by atoms with van der Waals surface area (Å²) < 4.78 is -0.329. The van der Waals surface area contributed by atoms with Crippen molar-refractivity contribution >= 4 is 47.6 Å². The van der Waals surface area contributed by atoms with E-state index in [1.807, 2.05) is 6.92 Å². The summed E-state index contributed by atoms with van der Waals surface area (Å²) in [5, 5.41) is 90.9. The van der Waals surface area contributed by atoms with Gasteiger partial charge in [0.25, 0.3) is 0 Å². The van der Waals surface area contributed by atoms with Gasteiger partial charge in [-0.25, -0.2) is 0 Å². The number of carboxylic acid groups (broad SMARTS) is 6. The molecular weight excluding hydrogens is 800 g/mol. The molecule has 56 heavy (non-hydrogen) atoms. The second-order valence-electron chi connectivity index (χ2n) is 13.2. The summed E-state index contributed by atoms with van der Waals surface area (Å²) in [4.78, 5) is 76.3. The molecule has 0 spiro atoms. The molecule has 1 unspecified atom stereocenters. The van der Waals surface area contributed by atoms with E-state index in [4.69, 9.17) is 0 Å². The summed E-state index contributed by atoms with van der Waals surface area (Å²) in [5.74, 6) is -10.4. The molecule has 0 saturated carbocycles. The first-order valence-electron chi connectivity index (χ1n) is 16.8. The van der Waals surface area contributed by atoms with Crippen LogP contribution in [-0.2, 0) is 28.8 Å². The van der Waals surface area contributed by atoms with Crippen LogP contribution in [0.25, 0.3) is 0 Å². The molecule has 0 aromatic rings. The van der Waals surface area contributed by atoms with E-state index in [0.29, 0.717) is 6.42 Å². The summed E-state index contributed by atoms with van der Waals surface area (Å²) in [6.45, 7) is 1.30. The number of nitrogens with zero attached hydrogens (tertiary/aromatic N) is 3. The van der Waals surface area contributed by atoms with Crippen LogP contribution in [0.2, 0.25) is 0 Å². The second kappa shape index (κ2) is 39.6. The molecule has 2 N–H and O–H groups in total. The van der Waals surface area contributed by atoms with E-state index < -0.39 is 130 Å². The van der Waals surface area contributed by atoms with E-state index in [2.05, 4.69) is 9.98 Å². The van der Waals surface area contributed by atoms with Gasteiger partial charge >= 0.3 is 189 Å². The summed E-state index contributed by atoms with van der Waals surface area (Å²) >= 11 is 0. The molecule has 0 aromatic heterocycles. The average molecular weight is 851 g/mol. The predicted molar refractivity (Wildman–Crippen MR) is 165 cm³/mol. The van der Waals surface area contributed by atoms with Crippen LogP contribution in [0.3, 0.4) is 0 Å². The first kappa shape index (κ1) is 72.2. The Kier molecular flexibility index (Phi) is 51.0. The Labute approximate surface area is 462 Å². The van der Waals surface area contributed by atoms with Crippen molar-refractivity contribution in [3.05, 3.63) is 0 Å². The number of aliphatic carboxylic acids is 6. The topological polar surface area (TPSA) is 306 Å². The minimum Gasteiger partial charge on any atom is -0.858 e. The Morgan fingerprint density at radius 2 is 0.750 bits per heavy atom. The van der Waals surface area contributed by atoms with Crippen LogP contribution in [0.5, 0.6) is 0 Å². The largest absolute Gasteiger partial charge is 1.00 e. The third kappa shape index (κ3) is 37.5. The Balaban J connectivity index is -0.000000800.